The minimum atomic E-state index is -3.40. The van der Waals surface area contributed by atoms with Gasteiger partial charge in [0.2, 0.25) is 10.0 Å². The molecule has 0 saturated heterocycles. The Hall–Kier alpha value is -0.620. The second-order valence-corrected chi connectivity index (χ2v) is 6.88. The molecule has 0 aliphatic rings. The van der Waals surface area contributed by atoms with Gasteiger partial charge in [0.1, 0.15) is 4.21 Å². The molecule has 1 aromatic carbocycles. The van der Waals surface area contributed by atoms with Gasteiger partial charge in [0.25, 0.3) is 0 Å². The second kappa shape index (κ2) is 4.00. The number of fused-ring (bicyclic) bond motifs is 1. The van der Waals surface area contributed by atoms with Gasteiger partial charge in [0.15, 0.2) is 0 Å². The lowest BCUT2D eigenvalue weighted by Crippen LogP contribution is -2.18. The van der Waals surface area contributed by atoms with Crippen molar-refractivity contribution in [3.8, 4) is 0 Å². The number of nitrogens with one attached hydrogen (secondary N) is 1. The molecule has 0 atom stereocenters. The van der Waals surface area contributed by atoms with Gasteiger partial charge in [0.05, 0.1) is 0 Å². The molecule has 1 heterocycles. The molecule has 1 N–H and O–H groups in total. The standard InChI is InChI=1S/C10H10ClNO2S2/c1-6-9-7(11)4-3-5-8(9)15-10(6)16(13,14)12-2/h3-5,12H,1-2H3. The molecule has 0 unspecified atom stereocenters. The Morgan fingerprint density at radius 1 is 1.38 bits per heavy atom. The average molecular weight is 276 g/mol. The molecule has 0 aliphatic heterocycles. The first kappa shape index (κ1) is 11.9. The highest BCUT2D eigenvalue weighted by Crippen LogP contribution is 2.37. The van der Waals surface area contributed by atoms with Crippen molar-refractivity contribution in [3.05, 3.63) is 28.8 Å². The molecule has 0 spiro atoms. The van der Waals surface area contributed by atoms with Crippen LogP contribution in [0.25, 0.3) is 10.1 Å². The van der Waals surface area contributed by atoms with E-state index in [1.54, 1.807) is 13.0 Å². The maximum atomic E-state index is 11.8. The van der Waals surface area contributed by atoms with E-state index in [9.17, 15) is 8.42 Å². The molecule has 0 bridgehead atoms. The van der Waals surface area contributed by atoms with Crippen molar-refractivity contribution in [2.24, 2.45) is 0 Å². The van der Waals surface area contributed by atoms with E-state index in [2.05, 4.69) is 4.72 Å². The molecule has 0 radical (unpaired) electrons. The maximum absolute atomic E-state index is 11.8. The van der Waals surface area contributed by atoms with E-state index < -0.39 is 10.0 Å². The first-order valence-corrected chi connectivity index (χ1v) is 7.26. The fourth-order valence-corrected chi connectivity index (χ4v) is 4.57. The normalized spacial score (nSPS) is 12.2. The average Bonchev–Trinajstić information content (AvgIpc) is 2.58. The van der Waals surface area contributed by atoms with Crippen molar-refractivity contribution in [1.82, 2.24) is 4.72 Å². The van der Waals surface area contributed by atoms with Crippen LogP contribution in [0.15, 0.2) is 22.4 Å². The van der Waals surface area contributed by atoms with Gasteiger partial charge in [-0.15, -0.1) is 11.3 Å². The topological polar surface area (TPSA) is 46.2 Å². The predicted molar refractivity (Wildman–Crippen MR) is 67.8 cm³/mol. The van der Waals surface area contributed by atoms with Crippen LogP contribution < -0.4 is 4.72 Å². The van der Waals surface area contributed by atoms with E-state index in [0.717, 1.165) is 10.1 Å². The quantitative estimate of drug-likeness (QED) is 0.916. The van der Waals surface area contributed by atoms with E-state index in [-0.39, 0.29) is 0 Å². The highest BCUT2D eigenvalue weighted by atomic mass is 35.5. The highest BCUT2D eigenvalue weighted by Gasteiger charge is 2.20. The van der Waals surface area contributed by atoms with Crippen molar-refractivity contribution in [2.75, 3.05) is 7.05 Å². The largest absolute Gasteiger partial charge is 0.250 e. The van der Waals surface area contributed by atoms with E-state index >= 15 is 0 Å². The molecule has 0 saturated carbocycles. The van der Waals surface area contributed by atoms with Crippen LogP contribution in [-0.2, 0) is 10.0 Å². The number of rotatable bonds is 2. The van der Waals surface area contributed by atoms with Crippen molar-refractivity contribution in [3.63, 3.8) is 0 Å². The maximum Gasteiger partial charge on any atom is 0.250 e. The van der Waals surface area contributed by atoms with E-state index in [1.165, 1.54) is 18.4 Å². The molecule has 0 aliphatic carbocycles. The van der Waals surface area contributed by atoms with Crippen LogP contribution in [0.2, 0.25) is 5.02 Å². The van der Waals surface area contributed by atoms with Gasteiger partial charge >= 0.3 is 0 Å². The summed E-state index contributed by atoms with van der Waals surface area (Å²) >= 11 is 7.30. The number of sulfonamides is 1. The molecular weight excluding hydrogens is 266 g/mol. The summed E-state index contributed by atoms with van der Waals surface area (Å²) in [5.41, 5.74) is 0.708. The van der Waals surface area contributed by atoms with Crippen LogP contribution in [0.4, 0.5) is 0 Å². The SMILES string of the molecule is CNS(=O)(=O)c1sc2cccc(Cl)c2c1C. The Bertz CT molecular complexity index is 646. The Kier molecular flexibility index (Phi) is 2.96. The van der Waals surface area contributed by atoms with Crippen molar-refractivity contribution < 1.29 is 8.42 Å². The third-order valence-electron chi connectivity index (χ3n) is 2.37. The Morgan fingerprint density at radius 3 is 2.62 bits per heavy atom. The molecule has 0 fully saturated rings. The third-order valence-corrected chi connectivity index (χ3v) is 5.98. The van der Waals surface area contributed by atoms with Crippen molar-refractivity contribution >= 4 is 43.0 Å². The van der Waals surface area contributed by atoms with Gasteiger partial charge in [0, 0.05) is 15.1 Å². The van der Waals surface area contributed by atoms with Crippen molar-refractivity contribution in [2.45, 2.75) is 11.1 Å². The van der Waals surface area contributed by atoms with Gasteiger partial charge in [-0.1, -0.05) is 17.7 Å². The van der Waals surface area contributed by atoms with Crippen LogP contribution in [0, 0.1) is 6.92 Å². The Balaban J connectivity index is 2.86. The summed E-state index contributed by atoms with van der Waals surface area (Å²) in [5.74, 6) is 0. The summed E-state index contributed by atoms with van der Waals surface area (Å²) in [6, 6.07) is 5.45. The minimum Gasteiger partial charge on any atom is -0.214 e. The van der Waals surface area contributed by atoms with Crippen LogP contribution in [0.1, 0.15) is 5.56 Å². The minimum absolute atomic E-state index is 0.332. The lowest BCUT2D eigenvalue weighted by molar-refractivity contribution is 0.590. The first-order valence-electron chi connectivity index (χ1n) is 4.58. The summed E-state index contributed by atoms with van der Waals surface area (Å²) in [4.78, 5) is 0. The van der Waals surface area contributed by atoms with Crippen LogP contribution >= 0.6 is 22.9 Å². The number of thiophene rings is 1. The van der Waals surface area contributed by atoms with Crippen LogP contribution in [0.3, 0.4) is 0 Å². The number of halogens is 1. The Morgan fingerprint density at radius 2 is 2.06 bits per heavy atom. The summed E-state index contributed by atoms with van der Waals surface area (Å²) < 4.78 is 27.1. The first-order chi connectivity index (χ1) is 7.47. The molecule has 1 aromatic heterocycles. The number of benzene rings is 1. The smallest absolute Gasteiger partial charge is 0.214 e. The lowest BCUT2D eigenvalue weighted by atomic mass is 10.2. The fourth-order valence-electron chi connectivity index (χ4n) is 1.58. The zero-order valence-corrected chi connectivity index (χ0v) is 11.1. The summed E-state index contributed by atoms with van der Waals surface area (Å²) in [6.07, 6.45) is 0. The van der Waals surface area contributed by atoms with Crippen molar-refractivity contribution in [1.29, 1.82) is 0 Å². The third kappa shape index (κ3) is 1.73. The highest BCUT2D eigenvalue weighted by molar-refractivity contribution is 7.91. The molecule has 16 heavy (non-hydrogen) atoms. The number of aryl methyl sites for hydroxylation is 1. The molecule has 86 valence electrons. The summed E-state index contributed by atoms with van der Waals surface area (Å²) in [7, 11) is -1.99. The van der Waals surface area contributed by atoms with Gasteiger partial charge in [-0.05, 0) is 31.7 Å². The second-order valence-electron chi connectivity index (χ2n) is 3.34. The number of hydrogen-bond acceptors (Lipinski definition) is 3. The van der Waals surface area contributed by atoms with Crippen LogP contribution in [-0.4, -0.2) is 15.5 Å². The lowest BCUT2D eigenvalue weighted by Gasteiger charge is -2.00. The van der Waals surface area contributed by atoms with E-state index in [0.29, 0.717) is 14.8 Å². The molecule has 3 nitrogen and oxygen atoms in total. The van der Waals surface area contributed by atoms with E-state index in [1.807, 2.05) is 12.1 Å². The predicted octanol–water partition coefficient (Wildman–Crippen LogP) is 2.77. The van der Waals surface area contributed by atoms with Gasteiger partial charge < -0.3 is 0 Å². The van der Waals surface area contributed by atoms with Gasteiger partial charge in [-0.2, -0.15) is 0 Å². The van der Waals surface area contributed by atoms with Gasteiger partial charge in [-0.25, -0.2) is 13.1 Å². The van der Waals surface area contributed by atoms with E-state index in [4.69, 9.17) is 11.6 Å². The molecule has 2 rings (SSSR count). The zero-order chi connectivity index (χ0) is 11.9. The Labute approximate surface area is 103 Å². The monoisotopic (exact) mass is 275 g/mol. The summed E-state index contributed by atoms with van der Waals surface area (Å²) in [5, 5.41) is 1.41. The summed E-state index contributed by atoms with van der Waals surface area (Å²) in [6.45, 7) is 1.77. The molecule has 6 heteroatoms. The number of hydrogen-bond donors (Lipinski definition) is 1. The molecule has 2 aromatic rings. The van der Waals surface area contributed by atoms with Gasteiger partial charge in [-0.3, -0.25) is 0 Å². The zero-order valence-electron chi connectivity index (χ0n) is 8.74. The fraction of sp³-hybridized carbons (Fsp3) is 0.200. The molecule has 0 amide bonds. The van der Waals surface area contributed by atoms with Crippen LogP contribution in [0.5, 0.6) is 0 Å². The molecular formula is C10H10ClNO2S2.